The summed E-state index contributed by atoms with van der Waals surface area (Å²) in [6.45, 7) is 6.70. The predicted octanol–water partition coefficient (Wildman–Crippen LogP) is 1.79. The van der Waals surface area contributed by atoms with Gasteiger partial charge < -0.3 is 14.7 Å². The molecule has 0 aliphatic heterocycles. The Labute approximate surface area is 111 Å². The van der Waals surface area contributed by atoms with E-state index in [-0.39, 0.29) is 17.4 Å². The fourth-order valence-electron chi connectivity index (χ4n) is 1.88. The number of nitrogens with one attached hydrogen (secondary N) is 2. The Bertz CT molecular complexity index is 603. The molecule has 1 unspecified atom stereocenters. The zero-order chi connectivity index (χ0) is 13.8. The molecule has 0 fully saturated rings. The molecule has 0 aliphatic rings. The summed E-state index contributed by atoms with van der Waals surface area (Å²) in [5.74, 6) is 0.770. The van der Waals surface area contributed by atoms with Gasteiger partial charge in [0.25, 0.3) is 5.89 Å². The van der Waals surface area contributed by atoms with E-state index in [1.807, 2.05) is 20.8 Å². The molecule has 0 bridgehead atoms. The highest BCUT2D eigenvalue weighted by Crippen LogP contribution is 2.19. The van der Waals surface area contributed by atoms with Crippen molar-refractivity contribution in [2.24, 2.45) is 0 Å². The van der Waals surface area contributed by atoms with Crippen LogP contribution < -0.4 is 10.7 Å². The Morgan fingerprint density at radius 3 is 2.84 bits per heavy atom. The first kappa shape index (κ1) is 13.5. The number of H-pyrrole nitrogens is 1. The summed E-state index contributed by atoms with van der Waals surface area (Å²) in [6.07, 6.45) is 2.45. The third-order valence-corrected chi connectivity index (χ3v) is 2.89. The van der Waals surface area contributed by atoms with Crippen molar-refractivity contribution in [2.75, 3.05) is 6.54 Å². The van der Waals surface area contributed by atoms with Gasteiger partial charge in [-0.05, 0) is 19.9 Å². The molecule has 6 heteroatoms. The number of aromatic nitrogens is 3. The minimum atomic E-state index is -0.122. The number of pyridine rings is 1. The van der Waals surface area contributed by atoms with Crippen LogP contribution in [0.1, 0.15) is 37.9 Å². The lowest BCUT2D eigenvalue weighted by Gasteiger charge is -2.09. The van der Waals surface area contributed by atoms with E-state index in [4.69, 9.17) is 4.42 Å². The van der Waals surface area contributed by atoms with Crippen molar-refractivity contribution < 1.29 is 4.42 Å². The average molecular weight is 262 g/mol. The normalized spacial score (nSPS) is 12.6. The molecule has 0 saturated heterocycles. The van der Waals surface area contributed by atoms with E-state index < -0.39 is 0 Å². The number of hydrogen-bond donors (Lipinski definition) is 2. The summed E-state index contributed by atoms with van der Waals surface area (Å²) < 4.78 is 5.59. The zero-order valence-corrected chi connectivity index (χ0v) is 11.4. The molecule has 2 heterocycles. The van der Waals surface area contributed by atoms with E-state index >= 15 is 0 Å². The largest absolute Gasteiger partial charge is 0.419 e. The summed E-state index contributed by atoms with van der Waals surface area (Å²) in [4.78, 5) is 14.8. The Morgan fingerprint density at radius 1 is 1.42 bits per heavy atom. The number of rotatable bonds is 5. The van der Waals surface area contributed by atoms with E-state index in [0.717, 1.165) is 18.7 Å². The SMILES string of the molecule is CCNC(CC)c1nnc(-c2c[nH]c(C)cc2=O)o1. The maximum Gasteiger partial charge on any atom is 0.253 e. The number of aromatic amines is 1. The molecule has 6 nitrogen and oxygen atoms in total. The summed E-state index contributed by atoms with van der Waals surface area (Å²) in [5, 5.41) is 11.2. The maximum absolute atomic E-state index is 11.9. The van der Waals surface area contributed by atoms with E-state index in [1.54, 1.807) is 6.20 Å². The average Bonchev–Trinajstić information content (AvgIpc) is 2.85. The lowest BCUT2D eigenvalue weighted by molar-refractivity contribution is 0.402. The van der Waals surface area contributed by atoms with E-state index in [0.29, 0.717) is 11.5 Å². The van der Waals surface area contributed by atoms with Crippen molar-refractivity contribution in [3.05, 3.63) is 34.1 Å². The van der Waals surface area contributed by atoms with Crippen LogP contribution in [0.3, 0.4) is 0 Å². The Kier molecular flexibility index (Phi) is 4.11. The molecular weight excluding hydrogens is 244 g/mol. The molecule has 0 spiro atoms. The molecule has 0 aliphatic carbocycles. The first-order valence-corrected chi connectivity index (χ1v) is 6.42. The van der Waals surface area contributed by atoms with Gasteiger partial charge >= 0.3 is 0 Å². The van der Waals surface area contributed by atoms with Crippen LogP contribution in [0.4, 0.5) is 0 Å². The summed E-state index contributed by atoms with van der Waals surface area (Å²) >= 11 is 0. The lowest BCUT2D eigenvalue weighted by atomic mass is 10.2. The van der Waals surface area contributed by atoms with Crippen molar-refractivity contribution in [1.82, 2.24) is 20.5 Å². The molecule has 0 amide bonds. The number of nitrogens with zero attached hydrogens (tertiary/aromatic N) is 2. The van der Waals surface area contributed by atoms with Gasteiger partial charge in [-0.3, -0.25) is 4.79 Å². The smallest absolute Gasteiger partial charge is 0.253 e. The van der Waals surface area contributed by atoms with Gasteiger partial charge in [-0.25, -0.2) is 0 Å². The fourth-order valence-corrected chi connectivity index (χ4v) is 1.88. The molecule has 102 valence electrons. The van der Waals surface area contributed by atoms with Gasteiger partial charge in [0.05, 0.1) is 6.04 Å². The van der Waals surface area contributed by atoms with Crippen LogP contribution in [0, 0.1) is 6.92 Å². The van der Waals surface area contributed by atoms with Gasteiger partial charge in [0.2, 0.25) is 5.89 Å². The monoisotopic (exact) mass is 262 g/mol. The highest BCUT2D eigenvalue weighted by Gasteiger charge is 2.17. The van der Waals surface area contributed by atoms with Crippen LogP contribution in [0.15, 0.2) is 21.5 Å². The number of aryl methyl sites for hydroxylation is 1. The van der Waals surface area contributed by atoms with Gasteiger partial charge in [-0.2, -0.15) is 0 Å². The maximum atomic E-state index is 11.9. The minimum absolute atomic E-state index is 0.0239. The fraction of sp³-hybridized carbons (Fsp3) is 0.462. The molecule has 19 heavy (non-hydrogen) atoms. The third-order valence-electron chi connectivity index (χ3n) is 2.89. The molecule has 0 radical (unpaired) electrons. The van der Waals surface area contributed by atoms with Gasteiger partial charge in [0.1, 0.15) is 5.56 Å². The molecule has 2 N–H and O–H groups in total. The molecule has 1 atom stereocenters. The summed E-state index contributed by atoms with van der Waals surface area (Å²) in [6, 6.07) is 1.54. The summed E-state index contributed by atoms with van der Waals surface area (Å²) in [5.41, 5.74) is 1.08. The van der Waals surface area contributed by atoms with Crippen molar-refractivity contribution in [1.29, 1.82) is 0 Å². The summed E-state index contributed by atoms with van der Waals surface area (Å²) in [7, 11) is 0. The highest BCUT2D eigenvalue weighted by atomic mass is 16.4. The molecule has 0 saturated carbocycles. The van der Waals surface area contributed by atoms with Gasteiger partial charge in [-0.15, -0.1) is 10.2 Å². The zero-order valence-electron chi connectivity index (χ0n) is 11.4. The Morgan fingerprint density at radius 2 is 2.21 bits per heavy atom. The van der Waals surface area contributed by atoms with Crippen molar-refractivity contribution in [2.45, 2.75) is 33.2 Å². The third kappa shape index (κ3) is 2.90. The van der Waals surface area contributed by atoms with Crippen LogP contribution in [0.5, 0.6) is 0 Å². The molecule has 2 aromatic heterocycles. The lowest BCUT2D eigenvalue weighted by Crippen LogP contribution is -2.20. The van der Waals surface area contributed by atoms with Crippen LogP contribution in [0.25, 0.3) is 11.5 Å². The quantitative estimate of drug-likeness (QED) is 0.858. The van der Waals surface area contributed by atoms with Crippen LogP contribution in [0.2, 0.25) is 0 Å². The highest BCUT2D eigenvalue weighted by molar-refractivity contribution is 5.50. The second kappa shape index (κ2) is 5.79. The van der Waals surface area contributed by atoms with Gasteiger partial charge in [0, 0.05) is 18.0 Å². The van der Waals surface area contributed by atoms with Crippen molar-refractivity contribution in [3.8, 4) is 11.5 Å². The molecule has 0 aromatic carbocycles. The predicted molar refractivity (Wildman–Crippen MR) is 71.8 cm³/mol. The topological polar surface area (TPSA) is 83.8 Å². The minimum Gasteiger partial charge on any atom is -0.419 e. The van der Waals surface area contributed by atoms with Gasteiger partial charge in [0.15, 0.2) is 5.43 Å². The Hall–Kier alpha value is -1.95. The van der Waals surface area contributed by atoms with Crippen molar-refractivity contribution in [3.63, 3.8) is 0 Å². The first-order valence-electron chi connectivity index (χ1n) is 6.42. The van der Waals surface area contributed by atoms with Crippen molar-refractivity contribution >= 4 is 0 Å². The van der Waals surface area contributed by atoms with E-state index in [2.05, 4.69) is 20.5 Å². The second-order valence-electron chi connectivity index (χ2n) is 4.36. The number of hydrogen-bond acceptors (Lipinski definition) is 5. The molecular formula is C13H18N4O2. The second-order valence-corrected chi connectivity index (χ2v) is 4.36. The standard InChI is InChI=1S/C13H18N4O2/c1-4-10(14-5-2)13-17-16-12(19-13)9-7-15-8(3)6-11(9)18/h6-7,10,14H,4-5H2,1-3H3,(H,15,18). The first-order chi connectivity index (χ1) is 9.15. The van der Waals surface area contributed by atoms with Crippen LogP contribution in [-0.2, 0) is 0 Å². The van der Waals surface area contributed by atoms with Gasteiger partial charge in [-0.1, -0.05) is 13.8 Å². The molecule has 2 aromatic rings. The Balaban J connectivity index is 2.32. The molecule has 2 rings (SSSR count). The van der Waals surface area contributed by atoms with E-state index in [9.17, 15) is 4.79 Å². The van der Waals surface area contributed by atoms with Crippen LogP contribution >= 0.6 is 0 Å². The van der Waals surface area contributed by atoms with Crippen LogP contribution in [-0.4, -0.2) is 21.7 Å². The van der Waals surface area contributed by atoms with E-state index in [1.165, 1.54) is 6.07 Å².